The van der Waals surface area contributed by atoms with E-state index < -0.39 is 21.9 Å². The van der Waals surface area contributed by atoms with Gasteiger partial charge < -0.3 is 10.1 Å². The molecule has 2 heterocycles. The zero-order valence-corrected chi connectivity index (χ0v) is 16.8. The van der Waals surface area contributed by atoms with Crippen molar-refractivity contribution in [3.05, 3.63) is 41.0 Å². The number of benzene rings is 1. The molecule has 0 aliphatic rings. The van der Waals surface area contributed by atoms with Gasteiger partial charge in [0.05, 0.1) is 17.4 Å². The minimum absolute atomic E-state index is 0.0409. The minimum atomic E-state index is -3.90. The van der Waals surface area contributed by atoms with E-state index in [1.54, 1.807) is 19.1 Å². The summed E-state index contributed by atoms with van der Waals surface area (Å²) >= 11 is 1.21. The van der Waals surface area contributed by atoms with E-state index in [9.17, 15) is 18.0 Å². The van der Waals surface area contributed by atoms with E-state index in [0.717, 1.165) is 6.92 Å². The Morgan fingerprint density at radius 1 is 1.14 bits per heavy atom. The van der Waals surface area contributed by atoms with Gasteiger partial charge in [-0.1, -0.05) is 0 Å². The summed E-state index contributed by atoms with van der Waals surface area (Å²) in [6.07, 6.45) is 1.37. The molecular weight excluding hydrogens is 404 g/mol. The van der Waals surface area contributed by atoms with Crippen LogP contribution in [0.5, 0.6) is 0 Å². The summed E-state index contributed by atoms with van der Waals surface area (Å²) in [5, 5.41) is 3.78. The number of aryl methyl sites for hydroxylation is 1. The van der Waals surface area contributed by atoms with E-state index in [1.807, 2.05) is 4.72 Å². The van der Waals surface area contributed by atoms with Gasteiger partial charge in [-0.05, 0) is 36.8 Å². The standard InChI is InChI=1S/C17H16N4O5S2/c1-9-13-15(18-8-19-16(13)27-14(9)17(23)26-3)20-11-4-6-12(7-5-11)28(24,25)21-10(2)22/h4-8H,1-3H3,(H,21,22)(H,18,19,20). The third kappa shape index (κ3) is 3.80. The van der Waals surface area contributed by atoms with Crippen molar-refractivity contribution in [1.82, 2.24) is 14.7 Å². The summed E-state index contributed by atoms with van der Waals surface area (Å²) in [5.74, 6) is -0.634. The van der Waals surface area contributed by atoms with E-state index >= 15 is 0 Å². The van der Waals surface area contributed by atoms with Gasteiger partial charge in [0.15, 0.2) is 0 Å². The van der Waals surface area contributed by atoms with Crippen LogP contribution in [-0.4, -0.2) is 37.4 Å². The maximum Gasteiger partial charge on any atom is 0.348 e. The zero-order chi connectivity index (χ0) is 20.5. The second-order valence-corrected chi connectivity index (χ2v) is 8.44. The number of hydrogen-bond donors (Lipinski definition) is 2. The zero-order valence-electron chi connectivity index (χ0n) is 15.1. The van der Waals surface area contributed by atoms with E-state index in [-0.39, 0.29) is 4.90 Å². The van der Waals surface area contributed by atoms with Gasteiger partial charge in [0, 0.05) is 12.6 Å². The lowest BCUT2D eigenvalue weighted by Crippen LogP contribution is -2.28. The van der Waals surface area contributed by atoms with Gasteiger partial charge in [-0.15, -0.1) is 11.3 Å². The van der Waals surface area contributed by atoms with Gasteiger partial charge >= 0.3 is 5.97 Å². The number of hydrogen-bond acceptors (Lipinski definition) is 9. The monoisotopic (exact) mass is 420 g/mol. The number of rotatable bonds is 5. The number of thiophene rings is 1. The van der Waals surface area contributed by atoms with Crippen LogP contribution in [0, 0.1) is 6.92 Å². The van der Waals surface area contributed by atoms with Gasteiger partial charge in [0.25, 0.3) is 10.0 Å². The van der Waals surface area contributed by atoms with Crippen molar-refractivity contribution in [2.24, 2.45) is 0 Å². The van der Waals surface area contributed by atoms with Crippen molar-refractivity contribution in [1.29, 1.82) is 0 Å². The lowest BCUT2D eigenvalue weighted by atomic mass is 10.2. The molecule has 0 fully saturated rings. The summed E-state index contributed by atoms with van der Waals surface area (Å²) in [7, 11) is -2.59. The molecule has 0 aliphatic carbocycles. The number of fused-ring (bicyclic) bond motifs is 1. The van der Waals surface area contributed by atoms with Crippen molar-refractivity contribution in [3.8, 4) is 0 Å². The van der Waals surface area contributed by atoms with Crippen LogP contribution in [0.2, 0.25) is 0 Å². The van der Waals surface area contributed by atoms with Crippen molar-refractivity contribution < 1.29 is 22.7 Å². The summed E-state index contributed by atoms with van der Waals surface area (Å²) in [4.78, 5) is 32.4. The predicted molar refractivity (Wildman–Crippen MR) is 104 cm³/mol. The Labute approximate surface area is 164 Å². The molecule has 0 bridgehead atoms. The maximum absolute atomic E-state index is 12.0. The Balaban J connectivity index is 1.94. The second kappa shape index (κ2) is 7.52. The highest BCUT2D eigenvalue weighted by Gasteiger charge is 2.20. The number of nitrogens with one attached hydrogen (secondary N) is 2. The van der Waals surface area contributed by atoms with E-state index in [0.29, 0.717) is 32.2 Å². The molecule has 146 valence electrons. The molecule has 0 radical (unpaired) electrons. The van der Waals surface area contributed by atoms with Crippen LogP contribution < -0.4 is 10.0 Å². The molecule has 9 nitrogen and oxygen atoms in total. The van der Waals surface area contributed by atoms with Gasteiger partial charge in [-0.3, -0.25) is 4.79 Å². The molecular formula is C17H16N4O5S2. The minimum Gasteiger partial charge on any atom is -0.465 e. The van der Waals surface area contributed by atoms with Crippen LogP contribution in [0.1, 0.15) is 22.2 Å². The summed E-state index contributed by atoms with van der Waals surface area (Å²) in [6, 6.07) is 5.83. The first-order chi connectivity index (χ1) is 13.2. The fourth-order valence-electron chi connectivity index (χ4n) is 2.56. The number of sulfonamides is 1. The molecule has 0 atom stereocenters. The highest BCUT2D eigenvalue weighted by atomic mass is 32.2. The van der Waals surface area contributed by atoms with E-state index in [1.165, 1.54) is 36.9 Å². The van der Waals surface area contributed by atoms with Crippen LogP contribution in [0.15, 0.2) is 35.5 Å². The number of amides is 1. The van der Waals surface area contributed by atoms with Crippen LogP contribution in [0.3, 0.4) is 0 Å². The Hall–Kier alpha value is -3.05. The number of aromatic nitrogens is 2. The number of carbonyl (C=O) groups is 2. The van der Waals surface area contributed by atoms with Crippen LogP contribution in [-0.2, 0) is 19.6 Å². The molecule has 1 amide bonds. The molecule has 0 spiro atoms. The lowest BCUT2D eigenvalue weighted by Gasteiger charge is -2.09. The maximum atomic E-state index is 12.0. The normalized spacial score (nSPS) is 11.2. The van der Waals surface area contributed by atoms with Gasteiger partial charge in [-0.2, -0.15) is 0 Å². The first-order valence-electron chi connectivity index (χ1n) is 7.96. The number of esters is 1. The molecule has 28 heavy (non-hydrogen) atoms. The average Bonchev–Trinajstić information content (AvgIpc) is 2.98. The van der Waals surface area contributed by atoms with Crippen LogP contribution in [0.25, 0.3) is 10.2 Å². The van der Waals surface area contributed by atoms with E-state index in [2.05, 4.69) is 15.3 Å². The topological polar surface area (TPSA) is 127 Å². The Morgan fingerprint density at radius 2 is 1.82 bits per heavy atom. The average molecular weight is 420 g/mol. The number of methoxy groups -OCH3 is 1. The van der Waals surface area contributed by atoms with E-state index in [4.69, 9.17) is 4.74 Å². The van der Waals surface area contributed by atoms with Crippen molar-refractivity contribution in [2.45, 2.75) is 18.7 Å². The second-order valence-electron chi connectivity index (χ2n) is 5.76. The molecule has 0 saturated carbocycles. The molecule has 0 saturated heterocycles. The summed E-state index contributed by atoms with van der Waals surface area (Å²) in [5.41, 5.74) is 1.27. The molecule has 11 heteroatoms. The molecule has 2 aromatic heterocycles. The first-order valence-corrected chi connectivity index (χ1v) is 10.3. The largest absolute Gasteiger partial charge is 0.465 e. The van der Waals surface area contributed by atoms with Crippen molar-refractivity contribution in [2.75, 3.05) is 12.4 Å². The Kier molecular flexibility index (Phi) is 5.29. The number of anilines is 2. The lowest BCUT2D eigenvalue weighted by molar-refractivity contribution is -0.117. The van der Waals surface area contributed by atoms with Crippen LogP contribution in [0.4, 0.5) is 11.5 Å². The quantitative estimate of drug-likeness (QED) is 0.602. The smallest absolute Gasteiger partial charge is 0.348 e. The van der Waals surface area contributed by atoms with Crippen LogP contribution >= 0.6 is 11.3 Å². The van der Waals surface area contributed by atoms with Gasteiger partial charge in [0.1, 0.15) is 21.9 Å². The molecule has 1 aromatic carbocycles. The fourth-order valence-corrected chi connectivity index (χ4v) is 4.61. The highest BCUT2D eigenvalue weighted by Crippen LogP contribution is 2.34. The van der Waals surface area contributed by atoms with Crippen molar-refractivity contribution >= 4 is 55.0 Å². The van der Waals surface area contributed by atoms with Crippen molar-refractivity contribution in [3.63, 3.8) is 0 Å². The molecule has 0 unspecified atom stereocenters. The Bertz CT molecular complexity index is 1170. The predicted octanol–water partition coefficient (Wildman–Crippen LogP) is 2.35. The van der Waals surface area contributed by atoms with Gasteiger partial charge in [0.2, 0.25) is 5.91 Å². The SMILES string of the molecule is COC(=O)c1sc2ncnc(Nc3ccc(S(=O)(=O)NC(C)=O)cc3)c2c1C. The third-order valence-electron chi connectivity index (χ3n) is 3.80. The third-order valence-corrected chi connectivity index (χ3v) is 6.43. The Morgan fingerprint density at radius 3 is 2.43 bits per heavy atom. The number of nitrogens with zero attached hydrogens (tertiary/aromatic N) is 2. The molecule has 2 N–H and O–H groups in total. The van der Waals surface area contributed by atoms with Gasteiger partial charge in [-0.25, -0.2) is 27.9 Å². The summed E-state index contributed by atoms with van der Waals surface area (Å²) < 4.78 is 30.7. The molecule has 0 aliphatic heterocycles. The molecule has 3 aromatic rings. The highest BCUT2D eigenvalue weighted by molar-refractivity contribution is 7.90. The number of carbonyl (C=O) groups excluding carboxylic acids is 2. The summed E-state index contributed by atoms with van der Waals surface area (Å²) in [6.45, 7) is 2.91. The molecule has 3 rings (SSSR count). The first kappa shape index (κ1) is 19.7. The fraction of sp³-hybridized carbons (Fsp3) is 0.176. The number of ether oxygens (including phenoxy) is 1.